The number of nitrogens with one attached hydrogen (secondary N) is 1. The van der Waals surface area contributed by atoms with E-state index in [0.717, 1.165) is 11.2 Å². The maximum Gasteiger partial charge on any atom is 0.269 e. The molecule has 4 heteroatoms. The van der Waals surface area contributed by atoms with E-state index >= 15 is 0 Å². The summed E-state index contributed by atoms with van der Waals surface area (Å²) in [5.74, 6) is -0.115. The zero-order chi connectivity index (χ0) is 11.5. The molecule has 2 heterocycles. The van der Waals surface area contributed by atoms with Gasteiger partial charge in [-0.3, -0.25) is 9.20 Å². The minimum atomic E-state index is -0.115. The Morgan fingerprint density at radius 2 is 2.44 bits per heavy atom. The number of aromatic nitrogens is 2. The van der Waals surface area contributed by atoms with Crippen LogP contribution in [0.4, 0.5) is 0 Å². The molecule has 0 spiro atoms. The van der Waals surface area contributed by atoms with Crippen molar-refractivity contribution in [2.75, 3.05) is 6.54 Å². The summed E-state index contributed by atoms with van der Waals surface area (Å²) in [6.07, 6.45) is 5.16. The van der Waals surface area contributed by atoms with Crippen LogP contribution >= 0.6 is 0 Å². The Balaban J connectivity index is 2.53. The van der Waals surface area contributed by atoms with Crippen molar-refractivity contribution in [3.8, 4) is 0 Å². The fourth-order valence-electron chi connectivity index (χ4n) is 1.54. The van der Waals surface area contributed by atoms with Crippen LogP contribution in [0, 0.1) is 0 Å². The van der Waals surface area contributed by atoms with Gasteiger partial charge in [-0.05, 0) is 24.6 Å². The van der Waals surface area contributed by atoms with Gasteiger partial charge in [-0.15, -0.1) is 0 Å². The van der Waals surface area contributed by atoms with E-state index in [0.29, 0.717) is 12.2 Å². The van der Waals surface area contributed by atoms with Gasteiger partial charge in [0.15, 0.2) is 0 Å². The van der Waals surface area contributed by atoms with Crippen molar-refractivity contribution in [2.45, 2.75) is 6.92 Å². The summed E-state index contributed by atoms with van der Waals surface area (Å²) in [6.45, 7) is 6.19. The quantitative estimate of drug-likeness (QED) is 0.847. The van der Waals surface area contributed by atoms with Crippen molar-refractivity contribution >= 4 is 17.6 Å². The highest BCUT2D eigenvalue weighted by atomic mass is 16.1. The molecule has 16 heavy (non-hydrogen) atoms. The molecule has 0 aliphatic carbocycles. The summed E-state index contributed by atoms with van der Waals surface area (Å²) >= 11 is 0. The van der Waals surface area contributed by atoms with E-state index in [2.05, 4.69) is 16.9 Å². The number of nitrogens with zero attached hydrogens (tertiary/aromatic N) is 2. The maximum absolute atomic E-state index is 11.7. The average molecular weight is 215 g/mol. The van der Waals surface area contributed by atoms with Gasteiger partial charge in [-0.1, -0.05) is 12.7 Å². The van der Waals surface area contributed by atoms with Gasteiger partial charge in [-0.25, -0.2) is 4.98 Å². The Bertz CT molecular complexity index is 542. The van der Waals surface area contributed by atoms with Crippen molar-refractivity contribution in [3.63, 3.8) is 0 Å². The summed E-state index contributed by atoms with van der Waals surface area (Å²) in [6, 6.07) is 3.77. The Morgan fingerprint density at radius 3 is 3.12 bits per heavy atom. The largest absolute Gasteiger partial charge is 0.351 e. The first-order valence-corrected chi connectivity index (χ1v) is 5.14. The lowest BCUT2D eigenvalue weighted by atomic mass is 10.3. The lowest BCUT2D eigenvalue weighted by molar-refractivity contribution is 0.0950. The van der Waals surface area contributed by atoms with Gasteiger partial charge >= 0.3 is 0 Å². The molecular formula is C12H13N3O. The fourth-order valence-corrected chi connectivity index (χ4v) is 1.54. The Kier molecular flexibility index (Phi) is 2.72. The van der Waals surface area contributed by atoms with Crippen LogP contribution in [0.5, 0.6) is 0 Å². The fraction of sp³-hybridized carbons (Fsp3) is 0.167. The minimum Gasteiger partial charge on any atom is -0.351 e. The highest BCUT2D eigenvalue weighted by molar-refractivity contribution is 5.93. The van der Waals surface area contributed by atoms with E-state index in [1.165, 1.54) is 0 Å². The Labute approximate surface area is 93.6 Å². The second-order valence-electron chi connectivity index (χ2n) is 3.40. The number of amides is 1. The smallest absolute Gasteiger partial charge is 0.269 e. The molecule has 0 atom stereocenters. The number of imidazole rings is 1. The second-order valence-corrected chi connectivity index (χ2v) is 3.40. The zero-order valence-corrected chi connectivity index (χ0v) is 9.10. The van der Waals surface area contributed by atoms with Crippen LogP contribution in [0.3, 0.4) is 0 Å². The van der Waals surface area contributed by atoms with E-state index in [-0.39, 0.29) is 5.91 Å². The molecule has 2 aromatic rings. The van der Waals surface area contributed by atoms with Crippen molar-refractivity contribution in [2.24, 2.45) is 0 Å². The van der Waals surface area contributed by atoms with Crippen LogP contribution in [0.2, 0.25) is 0 Å². The van der Waals surface area contributed by atoms with Crippen molar-refractivity contribution < 1.29 is 4.79 Å². The van der Waals surface area contributed by atoms with Gasteiger partial charge in [0, 0.05) is 12.7 Å². The third-order valence-corrected chi connectivity index (χ3v) is 2.33. The van der Waals surface area contributed by atoms with Gasteiger partial charge < -0.3 is 5.32 Å². The topological polar surface area (TPSA) is 46.4 Å². The lowest BCUT2D eigenvalue weighted by Crippen LogP contribution is -2.24. The molecule has 0 bridgehead atoms. The molecule has 1 N–H and O–H groups in total. The molecule has 0 saturated heterocycles. The molecule has 2 aromatic heterocycles. The van der Waals surface area contributed by atoms with E-state index in [1.54, 1.807) is 16.7 Å². The first-order chi connectivity index (χ1) is 7.76. The third-order valence-electron chi connectivity index (χ3n) is 2.33. The molecule has 0 saturated carbocycles. The average Bonchev–Trinajstić information content (AvgIpc) is 2.71. The van der Waals surface area contributed by atoms with Crippen molar-refractivity contribution in [1.82, 2.24) is 14.7 Å². The molecule has 82 valence electrons. The standard InChI is InChI=1S/C12H13N3O/c1-3-9-5-6-11-14-7-10(15(11)8-9)12(16)13-4-2/h3,5-8H,1,4H2,2H3,(H,13,16). The summed E-state index contributed by atoms with van der Waals surface area (Å²) in [5.41, 5.74) is 2.25. The molecule has 0 unspecified atom stereocenters. The number of fused-ring (bicyclic) bond motifs is 1. The van der Waals surface area contributed by atoms with Gasteiger partial charge in [0.2, 0.25) is 0 Å². The van der Waals surface area contributed by atoms with Gasteiger partial charge in [0.25, 0.3) is 5.91 Å². The Hall–Kier alpha value is -2.10. The summed E-state index contributed by atoms with van der Waals surface area (Å²) in [7, 11) is 0. The highest BCUT2D eigenvalue weighted by Crippen LogP contribution is 2.09. The monoisotopic (exact) mass is 215 g/mol. The molecule has 0 aromatic carbocycles. The minimum absolute atomic E-state index is 0.115. The lowest BCUT2D eigenvalue weighted by Gasteiger charge is -2.02. The second kappa shape index (κ2) is 4.18. The number of hydrogen-bond donors (Lipinski definition) is 1. The van der Waals surface area contributed by atoms with E-state index < -0.39 is 0 Å². The van der Waals surface area contributed by atoms with Crippen LogP contribution in [-0.2, 0) is 0 Å². The predicted octanol–water partition coefficient (Wildman–Crippen LogP) is 1.73. The number of carbonyl (C=O) groups is 1. The predicted molar refractivity (Wildman–Crippen MR) is 63.3 cm³/mol. The van der Waals surface area contributed by atoms with Gasteiger partial charge in [-0.2, -0.15) is 0 Å². The van der Waals surface area contributed by atoms with Crippen LogP contribution in [-0.4, -0.2) is 21.8 Å². The molecule has 1 amide bonds. The summed E-state index contributed by atoms with van der Waals surface area (Å²) < 4.78 is 1.77. The van der Waals surface area contributed by atoms with Crippen molar-refractivity contribution in [1.29, 1.82) is 0 Å². The van der Waals surface area contributed by atoms with Gasteiger partial charge in [0.05, 0.1) is 6.20 Å². The number of rotatable bonds is 3. The molecule has 0 fully saturated rings. The molecule has 0 aliphatic heterocycles. The number of pyridine rings is 1. The summed E-state index contributed by atoms with van der Waals surface area (Å²) in [4.78, 5) is 15.9. The van der Waals surface area contributed by atoms with Crippen LogP contribution in [0.15, 0.2) is 31.1 Å². The first kappa shape index (κ1) is 10.4. The van der Waals surface area contributed by atoms with E-state index in [1.807, 2.05) is 25.3 Å². The molecule has 0 radical (unpaired) electrons. The number of hydrogen-bond acceptors (Lipinski definition) is 2. The first-order valence-electron chi connectivity index (χ1n) is 5.14. The third kappa shape index (κ3) is 1.69. The molecule has 2 rings (SSSR count). The number of carbonyl (C=O) groups excluding carboxylic acids is 1. The molecular weight excluding hydrogens is 202 g/mol. The maximum atomic E-state index is 11.7. The highest BCUT2D eigenvalue weighted by Gasteiger charge is 2.10. The summed E-state index contributed by atoms with van der Waals surface area (Å²) in [5, 5.41) is 2.75. The zero-order valence-electron chi connectivity index (χ0n) is 9.10. The Morgan fingerprint density at radius 1 is 1.62 bits per heavy atom. The SMILES string of the molecule is C=Cc1ccc2ncc(C(=O)NCC)n2c1. The van der Waals surface area contributed by atoms with Gasteiger partial charge in [0.1, 0.15) is 11.3 Å². The van der Waals surface area contributed by atoms with E-state index in [4.69, 9.17) is 0 Å². The normalized spacial score (nSPS) is 10.3. The molecule has 4 nitrogen and oxygen atoms in total. The van der Waals surface area contributed by atoms with Crippen LogP contribution < -0.4 is 5.32 Å². The van der Waals surface area contributed by atoms with E-state index in [9.17, 15) is 4.79 Å². The molecule has 0 aliphatic rings. The van der Waals surface area contributed by atoms with Crippen LogP contribution in [0.1, 0.15) is 23.0 Å². The van der Waals surface area contributed by atoms with Crippen molar-refractivity contribution in [3.05, 3.63) is 42.4 Å². The van der Waals surface area contributed by atoms with Crippen LogP contribution in [0.25, 0.3) is 11.7 Å².